The van der Waals surface area contributed by atoms with Crippen molar-refractivity contribution in [3.05, 3.63) is 66.4 Å². The summed E-state index contributed by atoms with van der Waals surface area (Å²) in [4.78, 5) is 4.30. The molecule has 1 saturated heterocycles. The van der Waals surface area contributed by atoms with Crippen LogP contribution in [0, 0.1) is 0 Å². The highest BCUT2D eigenvalue weighted by atomic mass is 16.5. The highest BCUT2D eigenvalue weighted by Gasteiger charge is 2.17. The van der Waals surface area contributed by atoms with Crippen molar-refractivity contribution in [1.82, 2.24) is 24.8 Å². The molecule has 1 fully saturated rings. The molecule has 0 bridgehead atoms. The molecule has 1 aliphatic rings. The molecular formula is C21H20N6O2. The van der Waals surface area contributed by atoms with Crippen LogP contribution in [0.5, 0.6) is 5.88 Å². The molecule has 1 aliphatic heterocycles. The van der Waals surface area contributed by atoms with Crippen LogP contribution in [0.1, 0.15) is 12.0 Å². The summed E-state index contributed by atoms with van der Waals surface area (Å²) in [7, 11) is 0. The van der Waals surface area contributed by atoms with E-state index in [0.717, 1.165) is 30.0 Å². The van der Waals surface area contributed by atoms with Crippen molar-refractivity contribution in [3.63, 3.8) is 0 Å². The van der Waals surface area contributed by atoms with Crippen molar-refractivity contribution in [1.29, 1.82) is 0 Å². The van der Waals surface area contributed by atoms with E-state index < -0.39 is 0 Å². The van der Waals surface area contributed by atoms with Gasteiger partial charge in [0.25, 0.3) is 0 Å². The van der Waals surface area contributed by atoms with E-state index in [2.05, 4.69) is 25.6 Å². The average Bonchev–Trinajstić information content (AvgIpc) is 3.43. The molecule has 0 amide bonds. The first kappa shape index (κ1) is 17.6. The highest BCUT2D eigenvalue weighted by molar-refractivity contribution is 5.59. The van der Waals surface area contributed by atoms with Crippen molar-refractivity contribution >= 4 is 11.5 Å². The predicted octanol–water partition coefficient (Wildman–Crippen LogP) is 2.97. The number of ether oxygens (including phenoxy) is 2. The van der Waals surface area contributed by atoms with Crippen LogP contribution in [0.3, 0.4) is 0 Å². The lowest BCUT2D eigenvalue weighted by atomic mass is 10.2. The number of aromatic nitrogens is 5. The number of benzene rings is 1. The fourth-order valence-electron chi connectivity index (χ4n) is 3.24. The van der Waals surface area contributed by atoms with Crippen molar-refractivity contribution in [2.24, 2.45) is 0 Å². The largest absolute Gasteiger partial charge is 0.472 e. The summed E-state index contributed by atoms with van der Waals surface area (Å²) < 4.78 is 13.0. The lowest BCUT2D eigenvalue weighted by Gasteiger charge is -2.12. The second-order valence-electron chi connectivity index (χ2n) is 6.84. The van der Waals surface area contributed by atoms with Crippen LogP contribution in [0.25, 0.3) is 17.0 Å². The number of hydrogen-bond donors (Lipinski definition) is 1. The van der Waals surface area contributed by atoms with Gasteiger partial charge in [0.2, 0.25) is 5.88 Å². The van der Waals surface area contributed by atoms with Crippen LogP contribution >= 0.6 is 0 Å². The molecule has 5 rings (SSSR count). The molecule has 0 spiro atoms. The van der Waals surface area contributed by atoms with Gasteiger partial charge in [0, 0.05) is 30.8 Å². The average molecular weight is 388 g/mol. The van der Waals surface area contributed by atoms with Gasteiger partial charge in [-0.1, -0.05) is 30.3 Å². The molecule has 1 aromatic carbocycles. The first-order valence-corrected chi connectivity index (χ1v) is 9.56. The van der Waals surface area contributed by atoms with E-state index in [9.17, 15) is 0 Å². The van der Waals surface area contributed by atoms with Crippen LogP contribution in [0.2, 0.25) is 0 Å². The first-order valence-electron chi connectivity index (χ1n) is 9.56. The molecule has 8 nitrogen and oxygen atoms in total. The summed E-state index contributed by atoms with van der Waals surface area (Å²) >= 11 is 0. The summed E-state index contributed by atoms with van der Waals surface area (Å²) in [5.41, 5.74) is 2.73. The quantitative estimate of drug-likeness (QED) is 0.543. The minimum Gasteiger partial charge on any atom is -0.472 e. The van der Waals surface area contributed by atoms with Crippen LogP contribution in [-0.4, -0.2) is 44.1 Å². The lowest BCUT2D eigenvalue weighted by Crippen LogP contribution is -2.16. The van der Waals surface area contributed by atoms with Crippen molar-refractivity contribution in [3.8, 4) is 17.3 Å². The van der Waals surface area contributed by atoms with E-state index >= 15 is 0 Å². The molecule has 1 N–H and O–H groups in total. The Morgan fingerprint density at radius 1 is 1.10 bits per heavy atom. The number of nitrogens with zero attached hydrogens (tertiary/aromatic N) is 5. The number of fused-ring (bicyclic) bond motifs is 1. The maximum atomic E-state index is 5.88. The smallest absolute Gasteiger partial charge is 0.213 e. The normalized spacial score (nSPS) is 16.2. The van der Waals surface area contributed by atoms with E-state index in [0.29, 0.717) is 30.5 Å². The van der Waals surface area contributed by atoms with Crippen LogP contribution < -0.4 is 10.1 Å². The molecule has 4 heterocycles. The molecule has 3 aromatic heterocycles. The standard InChI is InChI=1S/C21H20N6O2/c1-2-4-16(5-3-1)21-25-24-19-7-6-18(26-27(19)21)23-13-15-8-10-22-20(12-15)29-17-9-11-28-14-17/h1-8,10,12,17H,9,11,13-14H2,(H,23,26). The Labute approximate surface area is 167 Å². The number of pyridine rings is 1. The number of nitrogens with one attached hydrogen (secondary N) is 1. The van der Waals surface area contributed by atoms with E-state index in [-0.39, 0.29) is 6.10 Å². The topological polar surface area (TPSA) is 86.5 Å². The summed E-state index contributed by atoms with van der Waals surface area (Å²) in [6, 6.07) is 17.6. The molecule has 146 valence electrons. The molecule has 4 aromatic rings. The summed E-state index contributed by atoms with van der Waals surface area (Å²) in [6.07, 6.45) is 2.74. The predicted molar refractivity (Wildman–Crippen MR) is 108 cm³/mol. The van der Waals surface area contributed by atoms with E-state index in [4.69, 9.17) is 9.47 Å². The second-order valence-corrected chi connectivity index (χ2v) is 6.84. The molecule has 1 atom stereocenters. The number of rotatable bonds is 6. The molecule has 0 saturated carbocycles. The Bertz CT molecular complexity index is 1110. The molecule has 8 heteroatoms. The second kappa shape index (κ2) is 7.84. The van der Waals surface area contributed by atoms with Crippen molar-refractivity contribution < 1.29 is 9.47 Å². The van der Waals surface area contributed by atoms with E-state index in [1.165, 1.54) is 0 Å². The fraction of sp³-hybridized carbons (Fsp3) is 0.238. The van der Waals surface area contributed by atoms with Crippen LogP contribution in [0.15, 0.2) is 60.8 Å². The van der Waals surface area contributed by atoms with Gasteiger partial charge >= 0.3 is 0 Å². The van der Waals surface area contributed by atoms with Gasteiger partial charge in [-0.15, -0.1) is 15.3 Å². The SMILES string of the molecule is c1ccc(-c2nnc3ccc(NCc4ccnc(OC5CCOC5)c4)nn23)cc1. The third-order valence-corrected chi connectivity index (χ3v) is 4.74. The minimum absolute atomic E-state index is 0.0833. The third-order valence-electron chi connectivity index (χ3n) is 4.74. The number of anilines is 1. The Morgan fingerprint density at radius 2 is 2.03 bits per heavy atom. The summed E-state index contributed by atoms with van der Waals surface area (Å²) in [5.74, 6) is 2.06. The van der Waals surface area contributed by atoms with Gasteiger partial charge in [0.1, 0.15) is 11.9 Å². The van der Waals surface area contributed by atoms with Crippen molar-refractivity contribution in [2.45, 2.75) is 19.1 Å². The third kappa shape index (κ3) is 3.88. The Morgan fingerprint density at radius 3 is 2.90 bits per heavy atom. The maximum Gasteiger partial charge on any atom is 0.213 e. The molecule has 1 unspecified atom stereocenters. The summed E-state index contributed by atoms with van der Waals surface area (Å²) in [6.45, 7) is 1.96. The van der Waals surface area contributed by atoms with Gasteiger partial charge in [0.15, 0.2) is 11.5 Å². The highest BCUT2D eigenvalue weighted by Crippen LogP contribution is 2.19. The van der Waals surface area contributed by atoms with Gasteiger partial charge in [-0.2, -0.15) is 4.52 Å². The van der Waals surface area contributed by atoms with Gasteiger partial charge in [0.05, 0.1) is 13.2 Å². The van der Waals surface area contributed by atoms with Gasteiger partial charge in [-0.05, 0) is 23.8 Å². The van der Waals surface area contributed by atoms with E-state index in [1.807, 2.05) is 54.6 Å². The zero-order valence-electron chi connectivity index (χ0n) is 15.7. The van der Waals surface area contributed by atoms with Gasteiger partial charge in [-0.3, -0.25) is 0 Å². The fourth-order valence-corrected chi connectivity index (χ4v) is 3.24. The zero-order valence-corrected chi connectivity index (χ0v) is 15.7. The monoisotopic (exact) mass is 388 g/mol. The first-order chi connectivity index (χ1) is 14.3. The summed E-state index contributed by atoms with van der Waals surface area (Å²) in [5, 5.41) is 16.5. The van der Waals surface area contributed by atoms with Gasteiger partial charge < -0.3 is 14.8 Å². The molecular weight excluding hydrogens is 368 g/mol. The Balaban J connectivity index is 1.32. The Kier molecular flexibility index (Phi) is 4.75. The zero-order chi connectivity index (χ0) is 19.5. The van der Waals surface area contributed by atoms with E-state index in [1.54, 1.807) is 10.7 Å². The molecule has 0 radical (unpaired) electrons. The Hall–Kier alpha value is -3.52. The minimum atomic E-state index is 0.0833. The van der Waals surface area contributed by atoms with Crippen LogP contribution in [0.4, 0.5) is 5.82 Å². The maximum absolute atomic E-state index is 5.88. The van der Waals surface area contributed by atoms with Crippen LogP contribution in [-0.2, 0) is 11.3 Å². The van der Waals surface area contributed by atoms with Crippen molar-refractivity contribution in [2.75, 3.05) is 18.5 Å². The van der Waals surface area contributed by atoms with Gasteiger partial charge in [-0.25, -0.2) is 4.98 Å². The molecule has 29 heavy (non-hydrogen) atoms. The number of hydrogen-bond acceptors (Lipinski definition) is 7. The molecule has 0 aliphatic carbocycles. The lowest BCUT2D eigenvalue weighted by molar-refractivity contribution is 0.138.